The van der Waals surface area contributed by atoms with Gasteiger partial charge in [-0.15, -0.1) is 0 Å². The number of nitrogens with zero attached hydrogens (tertiary/aromatic N) is 1. The Labute approximate surface area is 71.9 Å². The molecule has 0 unspecified atom stereocenters. The van der Waals surface area contributed by atoms with Crippen molar-refractivity contribution in [2.24, 2.45) is 0 Å². The molecule has 0 aromatic rings. The first kappa shape index (κ1) is 8.55. The van der Waals surface area contributed by atoms with Gasteiger partial charge in [0.2, 0.25) is 11.1 Å². The number of amides is 2. The summed E-state index contributed by atoms with van der Waals surface area (Å²) in [6.07, 6.45) is 0. The van der Waals surface area contributed by atoms with Crippen molar-refractivity contribution in [3.8, 4) is 0 Å². The van der Waals surface area contributed by atoms with E-state index in [1.165, 1.54) is 0 Å². The maximum absolute atomic E-state index is 10.8. The maximum Gasteiger partial charge on any atom is 0.289 e. The second-order valence-electron chi connectivity index (χ2n) is 1.89. The summed E-state index contributed by atoms with van der Waals surface area (Å²) in [5.74, 6) is -0.239. The fraction of sp³-hybridized carbons (Fsp3) is 0.400. The van der Waals surface area contributed by atoms with Gasteiger partial charge in [0.25, 0.3) is 5.24 Å². The van der Waals surface area contributed by atoms with Gasteiger partial charge in [0.1, 0.15) is 6.54 Å². The van der Waals surface area contributed by atoms with Crippen molar-refractivity contribution in [1.29, 1.82) is 0 Å². The van der Waals surface area contributed by atoms with Crippen molar-refractivity contribution in [1.82, 2.24) is 4.90 Å². The molecule has 0 aliphatic carbocycles. The third kappa shape index (κ3) is 1.94. The summed E-state index contributed by atoms with van der Waals surface area (Å²) in [7, 11) is 0. The van der Waals surface area contributed by atoms with Gasteiger partial charge < -0.3 is 0 Å². The van der Waals surface area contributed by atoms with Crippen molar-refractivity contribution in [3.05, 3.63) is 0 Å². The molecule has 1 aliphatic rings. The van der Waals surface area contributed by atoms with Gasteiger partial charge in [-0.1, -0.05) is 11.8 Å². The quantitative estimate of drug-likeness (QED) is 0.598. The molecule has 0 N–H and O–H groups in total. The van der Waals surface area contributed by atoms with Gasteiger partial charge in [-0.25, -0.2) is 0 Å². The summed E-state index contributed by atoms with van der Waals surface area (Å²) >= 11 is 5.88. The Bertz CT molecular complexity index is 214. The van der Waals surface area contributed by atoms with Crippen LogP contribution in [0.4, 0.5) is 4.79 Å². The molecule has 0 bridgehead atoms. The number of rotatable bonds is 2. The van der Waals surface area contributed by atoms with E-state index in [0.717, 1.165) is 16.7 Å². The van der Waals surface area contributed by atoms with E-state index in [4.69, 9.17) is 11.6 Å². The lowest BCUT2D eigenvalue weighted by Gasteiger charge is -2.07. The minimum absolute atomic E-state index is 0.114. The summed E-state index contributed by atoms with van der Waals surface area (Å²) in [5.41, 5.74) is 0. The highest BCUT2D eigenvalue weighted by Gasteiger charge is 2.30. The number of hydrogen-bond donors (Lipinski definition) is 0. The van der Waals surface area contributed by atoms with Gasteiger partial charge in [-0.05, 0) is 11.6 Å². The monoisotopic (exact) mass is 193 g/mol. The molecule has 0 radical (unpaired) electrons. The lowest BCUT2D eigenvalue weighted by molar-refractivity contribution is -0.127. The second kappa shape index (κ2) is 3.23. The van der Waals surface area contributed by atoms with Crippen LogP contribution in [0.2, 0.25) is 0 Å². The first-order valence-corrected chi connectivity index (χ1v) is 4.13. The van der Waals surface area contributed by atoms with Crippen LogP contribution in [-0.2, 0) is 9.59 Å². The lowest BCUT2D eigenvalue weighted by Crippen LogP contribution is -2.32. The molecule has 60 valence electrons. The van der Waals surface area contributed by atoms with E-state index >= 15 is 0 Å². The fourth-order valence-electron chi connectivity index (χ4n) is 0.658. The Hall–Kier alpha value is -0.550. The van der Waals surface area contributed by atoms with Crippen LogP contribution in [0.5, 0.6) is 0 Å². The lowest BCUT2D eigenvalue weighted by atomic mass is 10.5. The standard InChI is InChI=1S/C5H4ClNO3S/c6-3(8)1-7-4(9)2-11-5(7)10/h1-2H2. The highest BCUT2D eigenvalue weighted by atomic mass is 35.5. The topological polar surface area (TPSA) is 54.5 Å². The molecule has 4 nitrogen and oxygen atoms in total. The van der Waals surface area contributed by atoms with Crippen LogP contribution in [0.25, 0.3) is 0 Å². The van der Waals surface area contributed by atoms with E-state index < -0.39 is 10.5 Å². The van der Waals surface area contributed by atoms with E-state index in [-0.39, 0.29) is 18.2 Å². The summed E-state index contributed by atoms with van der Waals surface area (Å²) in [4.78, 5) is 32.7. The zero-order valence-corrected chi connectivity index (χ0v) is 6.94. The van der Waals surface area contributed by atoms with Crippen LogP contribution >= 0.6 is 23.4 Å². The first-order valence-electron chi connectivity index (χ1n) is 2.76. The molecule has 11 heavy (non-hydrogen) atoms. The molecule has 0 aromatic carbocycles. The van der Waals surface area contributed by atoms with Crippen LogP contribution in [-0.4, -0.2) is 33.6 Å². The van der Waals surface area contributed by atoms with E-state index in [1.54, 1.807) is 0 Å². The van der Waals surface area contributed by atoms with E-state index in [2.05, 4.69) is 0 Å². The fourth-order valence-corrected chi connectivity index (χ4v) is 1.50. The molecule has 0 spiro atoms. The van der Waals surface area contributed by atoms with Gasteiger partial charge in [0.05, 0.1) is 5.75 Å². The third-order valence-electron chi connectivity index (χ3n) is 1.12. The molecule has 6 heteroatoms. The van der Waals surface area contributed by atoms with Gasteiger partial charge in [0.15, 0.2) is 0 Å². The molecule has 1 aliphatic heterocycles. The molecule has 2 amide bonds. The number of carbonyl (C=O) groups excluding carboxylic acids is 3. The van der Waals surface area contributed by atoms with Gasteiger partial charge in [-0.3, -0.25) is 19.3 Å². The molecule has 0 atom stereocenters. The highest BCUT2D eigenvalue weighted by Crippen LogP contribution is 2.18. The third-order valence-corrected chi connectivity index (χ3v) is 2.10. The molecular formula is C5H4ClNO3S. The van der Waals surface area contributed by atoms with Crippen molar-refractivity contribution < 1.29 is 14.4 Å². The largest absolute Gasteiger partial charge is 0.289 e. The molecule has 0 aromatic heterocycles. The van der Waals surface area contributed by atoms with E-state index in [9.17, 15) is 14.4 Å². The van der Waals surface area contributed by atoms with Gasteiger partial charge >= 0.3 is 0 Å². The summed E-state index contributed by atoms with van der Waals surface area (Å²) < 4.78 is 0. The van der Waals surface area contributed by atoms with Crippen molar-refractivity contribution in [2.45, 2.75) is 0 Å². The number of hydrogen-bond acceptors (Lipinski definition) is 4. The van der Waals surface area contributed by atoms with Crippen molar-refractivity contribution in [2.75, 3.05) is 12.3 Å². The Morgan fingerprint density at radius 1 is 1.64 bits per heavy atom. The van der Waals surface area contributed by atoms with E-state index in [0.29, 0.717) is 0 Å². The smallest absolute Gasteiger partial charge is 0.279 e. The minimum atomic E-state index is -0.700. The van der Waals surface area contributed by atoms with Gasteiger partial charge in [-0.2, -0.15) is 0 Å². The molecule has 1 heterocycles. The molecule has 0 saturated carbocycles. The Morgan fingerprint density at radius 3 is 2.64 bits per heavy atom. The van der Waals surface area contributed by atoms with Crippen LogP contribution < -0.4 is 0 Å². The summed E-state index contributed by atoms with van der Waals surface area (Å²) in [5, 5.41) is -1.10. The molecule has 1 saturated heterocycles. The second-order valence-corrected chi connectivity index (χ2v) is 3.24. The molecule has 1 rings (SSSR count). The average Bonchev–Trinajstić information content (AvgIpc) is 2.18. The predicted molar refractivity (Wildman–Crippen MR) is 40.4 cm³/mol. The van der Waals surface area contributed by atoms with Crippen LogP contribution in [0.3, 0.4) is 0 Å². The SMILES string of the molecule is O=C(Cl)CN1C(=O)CSC1=O. The maximum atomic E-state index is 10.8. The zero-order chi connectivity index (χ0) is 8.43. The Kier molecular flexibility index (Phi) is 2.51. The van der Waals surface area contributed by atoms with Crippen molar-refractivity contribution in [3.63, 3.8) is 0 Å². The zero-order valence-electron chi connectivity index (χ0n) is 5.37. The van der Waals surface area contributed by atoms with Crippen LogP contribution in [0.1, 0.15) is 0 Å². The van der Waals surface area contributed by atoms with Crippen molar-refractivity contribution >= 4 is 39.8 Å². The van der Waals surface area contributed by atoms with Crippen LogP contribution in [0.15, 0.2) is 0 Å². The van der Waals surface area contributed by atoms with Gasteiger partial charge in [0, 0.05) is 0 Å². The number of thioether (sulfide) groups is 1. The number of halogens is 1. The Morgan fingerprint density at radius 2 is 2.27 bits per heavy atom. The normalized spacial score (nSPS) is 17.7. The highest BCUT2D eigenvalue weighted by molar-refractivity contribution is 8.14. The summed E-state index contributed by atoms with van der Waals surface area (Å²) in [6, 6.07) is 0. The molecule has 1 fully saturated rings. The van der Waals surface area contributed by atoms with Crippen LogP contribution in [0, 0.1) is 0 Å². The Balaban J connectivity index is 2.62. The summed E-state index contributed by atoms with van der Waals surface area (Å²) in [6.45, 7) is -0.313. The number of carbonyl (C=O) groups is 3. The predicted octanol–water partition coefficient (Wildman–Crippen LogP) is 0.447. The molecular weight excluding hydrogens is 190 g/mol. The first-order chi connectivity index (χ1) is 5.11. The van der Waals surface area contributed by atoms with E-state index in [1.807, 2.05) is 0 Å². The number of imide groups is 1. The minimum Gasteiger partial charge on any atom is -0.279 e. The average molecular weight is 194 g/mol.